The number of nitrogens with zero attached hydrogens (tertiary/aromatic N) is 1. The highest BCUT2D eigenvalue weighted by atomic mass is 16.2. The van der Waals surface area contributed by atoms with Crippen LogP contribution in [0.2, 0.25) is 0 Å². The molecule has 0 atom stereocenters. The average Bonchev–Trinajstić information content (AvgIpc) is 2.69. The van der Waals surface area contributed by atoms with E-state index in [1.54, 1.807) is 0 Å². The summed E-state index contributed by atoms with van der Waals surface area (Å²) in [5.41, 5.74) is 0.609. The van der Waals surface area contributed by atoms with E-state index in [9.17, 15) is 0 Å². The Balaban J connectivity index is 1.78. The highest BCUT2D eigenvalue weighted by Gasteiger charge is 2.40. The molecule has 0 unspecified atom stereocenters. The highest BCUT2D eigenvalue weighted by Crippen LogP contribution is 2.41. The van der Waals surface area contributed by atoms with Crippen molar-refractivity contribution >= 4 is 0 Å². The van der Waals surface area contributed by atoms with E-state index in [1.807, 2.05) is 0 Å². The van der Waals surface area contributed by atoms with Crippen LogP contribution in [-0.4, -0.2) is 35.2 Å². The van der Waals surface area contributed by atoms with Crippen LogP contribution >= 0.6 is 0 Å². The van der Waals surface area contributed by atoms with Crippen molar-refractivity contribution in [3.05, 3.63) is 0 Å². The molecule has 94 valence electrons. The van der Waals surface area contributed by atoms with Crippen LogP contribution in [0, 0.1) is 0 Å². The molecular weight excluding hydrogens is 198 g/mol. The van der Waals surface area contributed by atoms with Gasteiger partial charge in [0.15, 0.2) is 0 Å². The fourth-order valence-electron chi connectivity index (χ4n) is 3.71. The number of hydrogen-bond acceptors (Lipinski definition) is 2. The standard InChI is InChI=1S/C14H27NO/c16-13-6-2-5-11-15-12-7-10-14(15)8-3-1-4-9-14/h16H,1-13H2. The molecule has 1 N–H and O–H groups in total. The number of likely N-dealkylation sites (tertiary alicyclic amines) is 1. The second-order valence-electron chi connectivity index (χ2n) is 5.66. The lowest BCUT2D eigenvalue weighted by Crippen LogP contribution is -2.45. The molecule has 2 rings (SSSR count). The minimum Gasteiger partial charge on any atom is -0.396 e. The van der Waals surface area contributed by atoms with Gasteiger partial charge in [-0.15, -0.1) is 0 Å². The van der Waals surface area contributed by atoms with Crippen molar-refractivity contribution in [2.75, 3.05) is 19.7 Å². The number of aliphatic hydroxyl groups is 1. The minimum absolute atomic E-state index is 0.366. The van der Waals surface area contributed by atoms with E-state index in [0.717, 1.165) is 6.42 Å². The van der Waals surface area contributed by atoms with Crippen LogP contribution in [0.3, 0.4) is 0 Å². The van der Waals surface area contributed by atoms with Gasteiger partial charge in [0.2, 0.25) is 0 Å². The van der Waals surface area contributed by atoms with Crippen LogP contribution < -0.4 is 0 Å². The van der Waals surface area contributed by atoms with Gasteiger partial charge in [0.05, 0.1) is 0 Å². The summed E-state index contributed by atoms with van der Waals surface area (Å²) < 4.78 is 0. The SMILES string of the molecule is OCCCCCN1CCCC12CCCCC2. The molecule has 0 aromatic rings. The van der Waals surface area contributed by atoms with Crippen LogP contribution in [0.25, 0.3) is 0 Å². The highest BCUT2D eigenvalue weighted by molar-refractivity contribution is 4.97. The zero-order chi connectivity index (χ0) is 11.3. The summed E-state index contributed by atoms with van der Waals surface area (Å²) in [6.07, 6.45) is 13.6. The molecular formula is C14H27NO. The molecule has 2 aliphatic rings. The minimum atomic E-state index is 0.366. The zero-order valence-electron chi connectivity index (χ0n) is 10.6. The van der Waals surface area contributed by atoms with Gasteiger partial charge < -0.3 is 5.11 Å². The van der Waals surface area contributed by atoms with Gasteiger partial charge in [0, 0.05) is 12.1 Å². The van der Waals surface area contributed by atoms with Crippen molar-refractivity contribution < 1.29 is 5.11 Å². The Hall–Kier alpha value is -0.0800. The van der Waals surface area contributed by atoms with E-state index in [-0.39, 0.29) is 0 Å². The van der Waals surface area contributed by atoms with Gasteiger partial charge in [-0.25, -0.2) is 0 Å². The third kappa shape index (κ3) is 2.78. The van der Waals surface area contributed by atoms with E-state index in [0.29, 0.717) is 12.1 Å². The summed E-state index contributed by atoms with van der Waals surface area (Å²) in [4.78, 5) is 2.78. The Labute approximate surface area is 100 Å². The molecule has 1 spiro atoms. The van der Waals surface area contributed by atoms with Crippen molar-refractivity contribution in [3.63, 3.8) is 0 Å². The normalized spacial score (nSPS) is 25.3. The number of hydrogen-bond donors (Lipinski definition) is 1. The summed E-state index contributed by atoms with van der Waals surface area (Å²) in [6.45, 7) is 2.98. The summed E-state index contributed by atoms with van der Waals surface area (Å²) in [7, 11) is 0. The first-order chi connectivity index (χ1) is 7.87. The van der Waals surface area contributed by atoms with Crippen molar-refractivity contribution in [2.45, 2.75) is 69.7 Å². The van der Waals surface area contributed by atoms with Crippen LogP contribution in [0.1, 0.15) is 64.2 Å². The lowest BCUT2D eigenvalue weighted by atomic mass is 9.79. The molecule has 2 nitrogen and oxygen atoms in total. The summed E-state index contributed by atoms with van der Waals surface area (Å²) in [5, 5.41) is 8.79. The van der Waals surface area contributed by atoms with Crippen LogP contribution in [0.15, 0.2) is 0 Å². The van der Waals surface area contributed by atoms with Gasteiger partial charge in [-0.2, -0.15) is 0 Å². The first kappa shape index (κ1) is 12.4. The maximum atomic E-state index is 8.79. The molecule has 2 fully saturated rings. The molecule has 1 saturated carbocycles. The summed E-state index contributed by atoms with van der Waals surface area (Å²) in [5.74, 6) is 0. The molecule has 1 aliphatic carbocycles. The fourth-order valence-corrected chi connectivity index (χ4v) is 3.71. The topological polar surface area (TPSA) is 23.5 Å². The molecule has 1 aliphatic heterocycles. The first-order valence-electron chi connectivity index (χ1n) is 7.23. The smallest absolute Gasteiger partial charge is 0.0431 e. The van der Waals surface area contributed by atoms with Gasteiger partial charge in [-0.3, -0.25) is 4.90 Å². The van der Waals surface area contributed by atoms with Crippen LogP contribution in [0.4, 0.5) is 0 Å². The second kappa shape index (κ2) is 6.02. The van der Waals surface area contributed by atoms with Crippen molar-refractivity contribution in [2.24, 2.45) is 0 Å². The van der Waals surface area contributed by atoms with Crippen molar-refractivity contribution in [1.29, 1.82) is 0 Å². The van der Waals surface area contributed by atoms with Crippen LogP contribution in [-0.2, 0) is 0 Å². The molecule has 0 amide bonds. The van der Waals surface area contributed by atoms with Gasteiger partial charge in [-0.05, 0) is 58.0 Å². The van der Waals surface area contributed by atoms with Gasteiger partial charge in [-0.1, -0.05) is 19.3 Å². The molecule has 0 aromatic heterocycles. The maximum absolute atomic E-state index is 8.79. The van der Waals surface area contributed by atoms with Crippen molar-refractivity contribution in [3.8, 4) is 0 Å². The summed E-state index contributed by atoms with van der Waals surface area (Å²) in [6, 6.07) is 0. The van der Waals surface area contributed by atoms with E-state index >= 15 is 0 Å². The second-order valence-corrected chi connectivity index (χ2v) is 5.66. The van der Waals surface area contributed by atoms with Gasteiger partial charge >= 0.3 is 0 Å². The van der Waals surface area contributed by atoms with E-state index in [4.69, 9.17) is 5.11 Å². The molecule has 1 heterocycles. The quantitative estimate of drug-likeness (QED) is 0.727. The van der Waals surface area contributed by atoms with E-state index < -0.39 is 0 Å². The number of rotatable bonds is 5. The molecule has 0 aromatic carbocycles. The van der Waals surface area contributed by atoms with Gasteiger partial charge in [0.25, 0.3) is 0 Å². The molecule has 16 heavy (non-hydrogen) atoms. The largest absolute Gasteiger partial charge is 0.396 e. The third-order valence-electron chi connectivity index (χ3n) is 4.61. The Kier molecular flexibility index (Phi) is 4.66. The lowest BCUT2D eigenvalue weighted by Gasteiger charge is -2.42. The Bertz CT molecular complexity index is 199. The Morgan fingerprint density at radius 1 is 0.875 bits per heavy atom. The number of aliphatic hydroxyl groups excluding tert-OH is 1. The number of unbranched alkanes of at least 4 members (excludes halogenated alkanes) is 2. The monoisotopic (exact) mass is 225 g/mol. The van der Waals surface area contributed by atoms with Crippen molar-refractivity contribution in [1.82, 2.24) is 4.90 Å². The lowest BCUT2D eigenvalue weighted by molar-refractivity contribution is 0.0905. The van der Waals surface area contributed by atoms with Crippen LogP contribution in [0.5, 0.6) is 0 Å². The van der Waals surface area contributed by atoms with E-state index in [1.165, 1.54) is 70.9 Å². The zero-order valence-corrected chi connectivity index (χ0v) is 10.6. The average molecular weight is 225 g/mol. The fraction of sp³-hybridized carbons (Fsp3) is 1.00. The first-order valence-corrected chi connectivity index (χ1v) is 7.23. The van der Waals surface area contributed by atoms with Gasteiger partial charge in [0.1, 0.15) is 0 Å². The predicted molar refractivity (Wildman–Crippen MR) is 67.6 cm³/mol. The van der Waals surface area contributed by atoms with E-state index in [2.05, 4.69) is 4.90 Å². The molecule has 2 heteroatoms. The summed E-state index contributed by atoms with van der Waals surface area (Å²) >= 11 is 0. The molecule has 1 saturated heterocycles. The molecule has 0 radical (unpaired) electrons. The third-order valence-corrected chi connectivity index (χ3v) is 4.61. The maximum Gasteiger partial charge on any atom is 0.0431 e. The Morgan fingerprint density at radius 3 is 2.38 bits per heavy atom. The Morgan fingerprint density at radius 2 is 1.62 bits per heavy atom. The predicted octanol–water partition coefficient (Wildman–Crippen LogP) is 2.95. The molecule has 0 bridgehead atoms.